The Morgan fingerprint density at radius 3 is 1.19 bits per heavy atom. The molecule has 1 heterocycles. The van der Waals surface area contributed by atoms with Gasteiger partial charge in [0.15, 0.2) is 0 Å². The van der Waals surface area contributed by atoms with Crippen LogP contribution in [-0.2, 0) is 16.5 Å². The molecule has 0 saturated carbocycles. The summed E-state index contributed by atoms with van der Waals surface area (Å²) in [6, 6.07) is 0. The zero-order valence-corrected chi connectivity index (χ0v) is 20.7. The predicted molar refractivity (Wildman–Crippen MR) is 87.2 cm³/mol. The molecule has 1 rings (SSSR count). The minimum Gasteiger partial charge on any atom is -0.329 e. The number of rotatable bonds is 2. The van der Waals surface area contributed by atoms with Gasteiger partial charge in [-0.3, -0.25) is 0 Å². The molecule has 0 bridgehead atoms. The molecule has 0 atom stereocenters. The average molecular weight is 543 g/mol. The van der Waals surface area contributed by atoms with Crippen molar-refractivity contribution in [1.29, 1.82) is 0 Å². The summed E-state index contributed by atoms with van der Waals surface area (Å²) < 4.78 is 67.9. The Kier molecular flexibility index (Phi) is 23.3. The molecule has 0 aromatic carbocycles. The van der Waals surface area contributed by atoms with E-state index in [1.165, 1.54) is 52.1 Å². The number of likely N-dealkylation sites (N-methyl/N-ethyl adjacent to an activating group) is 3. The van der Waals surface area contributed by atoms with Crippen molar-refractivity contribution in [1.82, 2.24) is 19.6 Å². The molecule has 31 heavy (non-hydrogen) atoms. The first-order valence-electron chi connectivity index (χ1n) is 9.33. The van der Waals surface area contributed by atoms with E-state index >= 15 is 0 Å². The van der Waals surface area contributed by atoms with Crippen LogP contribution >= 0.6 is 0 Å². The molecule has 0 unspecified atom stereocenters. The van der Waals surface area contributed by atoms with Gasteiger partial charge in [-0.1, -0.05) is 0 Å². The van der Waals surface area contributed by atoms with Crippen LogP contribution in [0.5, 0.6) is 0 Å². The molecule has 1 saturated heterocycles. The molecule has 0 aliphatic carbocycles. The van der Waals surface area contributed by atoms with Gasteiger partial charge in [0, 0.05) is 39.3 Å². The van der Waals surface area contributed by atoms with Gasteiger partial charge >= 0.3 is 16.5 Å². The van der Waals surface area contributed by atoms with Crippen LogP contribution in [0.1, 0.15) is 12.8 Å². The molecule has 1 fully saturated rings. The van der Waals surface area contributed by atoms with E-state index in [1.807, 2.05) is 0 Å². The van der Waals surface area contributed by atoms with Crippen molar-refractivity contribution in [2.24, 2.45) is 5.73 Å². The van der Waals surface area contributed by atoms with Gasteiger partial charge in [0.05, 0.1) is 0 Å². The van der Waals surface area contributed by atoms with Gasteiger partial charge in [-0.25, -0.2) is 37.3 Å². The Hall–Kier alpha value is 0.554. The molecule has 2 N–H and O–H groups in total. The Morgan fingerprint density at radius 1 is 0.581 bits per heavy atom. The summed E-state index contributed by atoms with van der Waals surface area (Å²) in [7, 11) is -3.18. The standard InChI is InChI=1S/C15H35N5.2ClHO4.Ni/c1-17-7-4-8-19(3)14-15-20(11-6-16)10-5-9-18(2)13-12-17;2*2-1(3,4)5;/h4-16H2,1-3H3;2*(H,2,3,4,5);/q;;;+2/p-2. The van der Waals surface area contributed by atoms with Crippen LogP contribution in [0.4, 0.5) is 0 Å². The van der Waals surface area contributed by atoms with Crippen molar-refractivity contribution >= 4 is 0 Å². The van der Waals surface area contributed by atoms with Gasteiger partial charge in [-0.2, -0.15) is 0 Å². The monoisotopic (exact) mass is 541 g/mol. The Morgan fingerprint density at radius 2 is 0.871 bits per heavy atom. The molecule has 0 aromatic rings. The van der Waals surface area contributed by atoms with Crippen LogP contribution < -0.4 is 43.0 Å². The smallest absolute Gasteiger partial charge is 0.329 e. The summed E-state index contributed by atoms with van der Waals surface area (Å²) in [5.41, 5.74) is 5.73. The van der Waals surface area contributed by atoms with Crippen molar-refractivity contribution in [2.75, 3.05) is 86.6 Å². The maximum absolute atomic E-state index is 8.49. The maximum Gasteiger partial charge on any atom is 2.00 e. The number of nitrogens with two attached hydrogens (primary N) is 1. The van der Waals surface area contributed by atoms with Crippen molar-refractivity contribution < 1.29 is 74.2 Å². The first kappa shape index (κ1) is 36.1. The third kappa shape index (κ3) is 38.1. The SMILES string of the molecule is CN1CCCN(C)CCN(CCN)CCCN(C)CC1.[Ni+2].[O-][Cl+3]([O-])([O-])[O-].[O-][Cl+3]([O-])([O-])[O-]. The predicted octanol–water partition coefficient (Wildman–Crippen LogP) is -9.68. The zero-order chi connectivity index (χ0) is 23.8. The largest absolute Gasteiger partial charge is 2.00 e. The van der Waals surface area contributed by atoms with E-state index in [1.54, 1.807) is 0 Å². The summed E-state index contributed by atoms with van der Waals surface area (Å²) in [6.07, 6.45) is 2.50. The van der Waals surface area contributed by atoms with E-state index < -0.39 is 20.5 Å². The fraction of sp³-hybridized carbons (Fsp3) is 1.00. The van der Waals surface area contributed by atoms with Crippen LogP contribution in [0.3, 0.4) is 0 Å². The topological polar surface area (TPSA) is 223 Å². The van der Waals surface area contributed by atoms with Crippen molar-refractivity contribution in [2.45, 2.75) is 12.8 Å². The maximum atomic E-state index is 8.49. The molecule has 0 radical (unpaired) electrons. The second-order valence-corrected chi connectivity index (χ2v) is 8.52. The number of hydrogen-bond acceptors (Lipinski definition) is 13. The fourth-order valence-electron chi connectivity index (χ4n) is 2.68. The number of halogens is 2. The first-order valence-corrected chi connectivity index (χ1v) is 11.8. The summed E-state index contributed by atoms with van der Waals surface area (Å²) >= 11 is 0. The van der Waals surface area contributed by atoms with Crippen LogP contribution in [0.15, 0.2) is 0 Å². The third-order valence-electron chi connectivity index (χ3n) is 4.20. The van der Waals surface area contributed by atoms with E-state index in [0.29, 0.717) is 0 Å². The van der Waals surface area contributed by atoms with E-state index in [4.69, 9.17) is 43.0 Å². The Balaban J connectivity index is -0.000000595. The van der Waals surface area contributed by atoms with Crippen LogP contribution in [0, 0.1) is 20.5 Å². The second-order valence-electron chi connectivity index (χ2n) is 7.00. The summed E-state index contributed by atoms with van der Waals surface area (Å²) in [5, 5.41) is 0. The van der Waals surface area contributed by atoms with E-state index in [9.17, 15) is 0 Å². The average Bonchev–Trinajstić information content (AvgIpc) is 2.54. The van der Waals surface area contributed by atoms with E-state index in [2.05, 4.69) is 40.7 Å². The fourth-order valence-corrected chi connectivity index (χ4v) is 2.68. The van der Waals surface area contributed by atoms with E-state index in [0.717, 1.165) is 26.2 Å². The third-order valence-corrected chi connectivity index (χ3v) is 4.20. The molecule has 1 aliphatic rings. The van der Waals surface area contributed by atoms with Gasteiger partial charge in [0.1, 0.15) is 0 Å². The summed E-state index contributed by atoms with van der Waals surface area (Å²) in [4.78, 5) is 9.88. The van der Waals surface area contributed by atoms with Gasteiger partial charge < -0.3 is 25.3 Å². The molecule has 16 heteroatoms. The van der Waals surface area contributed by atoms with Crippen LogP contribution in [0.2, 0.25) is 0 Å². The Labute approximate surface area is 199 Å². The Bertz CT molecular complexity index is 387. The molecule has 13 nitrogen and oxygen atoms in total. The zero-order valence-electron chi connectivity index (χ0n) is 18.2. The molecule has 0 amide bonds. The van der Waals surface area contributed by atoms with Crippen molar-refractivity contribution in [3.63, 3.8) is 0 Å². The molecular formula is C15H35Cl2N5NiO8. The molecular weight excluding hydrogens is 508 g/mol. The minimum atomic E-state index is -4.94. The molecule has 1 aliphatic heterocycles. The van der Waals surface area contributed by atoms with Crippen molar-refractivity contribution in [3.05, 3.63) is 0 Å². The molecule has 192 valence electrons. The minimum absolute atomic E-state index is 0. The van der Waals surface area contributed by atoms with Gasteiger partial charge in [0.25, 0.3) is 0 Å². The van der Waals surface area contributed by atoms with E-state index in [-0.39, 0.29) is 16.5 Å². The van der Waals surface area contributed by atoms with Crippen molar-refractivity contribution in [3.8, 4) is 0 Å². The van der Waals surface area contributed by atoms with Gasteiger partial charge in [-0.05, 0) is 60.2 Å². The number of nitrogens with zero attached hydrogens (tertiary/aromatic N) is 4. The van der Waals surface area contributed by atoms with Gasteiger partial charge in [0.2, 0.25) is 0 Å². The summed E-state index contributed by atoms with van der Waals surface area (Å²) in [6.45, 7) is 11.2. The van der Waals surface area contributed by atoms with Gasteiger partial charge in [-0.15, -0.1) is 20.5 Å². The van der Waals surface area contributed by atoms with Crippen LogP contribution in [-0.4, -0.2) is 106 Å². The quantitative estimate of drug-likeness (QED) is 0.320. The van der Waals surface area contributed by atoms with Crippen LogP contribution in [0.25, 0.3) is 0 Å². The molecule has 0 aromatic heterocycles. The normalized spacial score (nSPS) is 19.7. The molecule has 0 spiro atoms. The second kappa shape index (κ2) is 20.0. The summed E-state index contributed by atoms with van der Waals surface area (Å²) in [5.74, 6) is 0. The first-order chi connectivity index (χ1) is 13.6. The number of hydrogen-bond donors (Lipinski definition) is 1.